The van der Waals surface area contributed by atoms with Gasteiger partial charge in [0.15, 0.2) is 0 Å². The topological polar surface area (TPSA) is 37.4 Å². The standard InChI is InChI=1S/C20H21NO2/c22-19-17-15-10-4-8-13(15)14-9-5-11-16(14)18(17)20(23)21(19)12-6-2-1-3-7-12/h1-3,6-7,15-18H,4-5,8-11H2/t15-,16-,17-,18-/m0/s1. The summed E-state index contributed by atoms with van der Waals surface area (Å²) in [5.41, 5.74) is 3.87. The lowest BCUT2D eigenvalue weighted by atomic mass is 9.66. The molecule has 0 aromatic heterocycles. The summed E-state index contributed by atoms with van der Waals surface area (Å²) >= 11 is 0. The van der Waals surface area contributed by atoms with E-state index in [0.717, 1.165) is 31.4 Å². The minimum Gasteiger partial charge on any atom is -0.274 e. The normalized spacial score (nSPS) is 35.6. The Kier molecular flexibility index (Phi) is 2.82. The van der Waals surface area contributed by atoms with Crippen LogP contribution < -0.4 is 4.90 Å². The van der Waals surface area contributed by atoms with Crippen molar-refractivity contribution in [2.45, 2.75) is 38.5 Å². The lowest BCUT2D eigenvalue weighted by Gasteiger charge is -2.34. The number of carbonyl (C=O) groups excluding carboxylic acids is 2. The van der Waals surface area contributed by atoms with Crippen molar-refractivity contribution in [3.8, 4) is 0 Å². The van der Waals surface area contributed by atoms with Gasteiger partial charge in [0.25, 0.3) is 0 Å². The lowest BCUT2D eigenvalue weighted by Crippen LogP contribution is -2.35. The Balaban J connectivity index is 1.62. The molecule has 1 aliphatic heterocycles. The van der Waals surface area contributed by atoms with Crippen LogP contribution in [0, 0.1) is 23.7 Å². The molecule has 5 rings (SSSR count). The second kappa shape index (κ2) is 4.80. The van der Waals surface area contributed by atoms with Crippen molar-refractivity contribution in [2.75, 3.05) is 4.90 Å². The predicted octanol–water partition coefficient (Wildman–Crippen LogP) is 3.70. The van der Waals surface area contributed by atoms with Crippen molar-refractivity contribution >= 4 is 17.5 Å². The summed E-state index contributed by atoms with van der Waals surface area (Å²) in [7, 11) is 0. The van der Waals surface area contributed by atoms with E-state index in [2.05, 4.69) is 0 Å². The molecule has 0 radical (unpaired) electrons. The number of allylic oxidation sites excluding steroid dienone is 2. The first-order valence-corrected chi connectivity index (χ1v) is 8.92. The SMILES string of the molecule is O=C1[C@@H]2[C@@H](C(=O)N1c1ccccc1)[C@H]1CCCC1=C1CCC[C@@H]12. The van der Waals surface area contributed by atoms with Gasteiger partial charge in [-0.05, 0) is 62.5 Å². The molecule has 2 amide bonds. The fourth-order valence-electron chi connectivity index (χ4n) is 5.72. The molecular formula is C20H21NO2. The number of fused-ring (bicyclic) bond motifs is 5. The van der Waals surface area contributed by atoms with Gasteiger partial charge >= 0.3 is 0 Å². The number of amides is 2. The second-order valence-electron chi connectivity index (χ2n) is 7.45. The molecule has 2 saturated carbocycles. The quantitative estimate of drug-likeness (QED) is 0.586. The average molecular weight is 307 g/mol. The molecule has 118 valence electrons. The molecule has 0 spiro atoms. The molecule has 4 atom stereocenters. The molecule has 1 heterocycles. The molecule has 1 saturated heterocycles. The molecule has 3 nitrogen and oxygen atoms in total. The summed E-state index contributed by atoms with van der Waals surface area (Å²) in [6.45, 7) is 0. The van der Waals surface area contributed by atoms with Crippen molar-refractivity contribution in [3.05, 3.63) is 41.5 Å². The van der Waals surface area contributed by atoms with Crippen LogP contribution in [-0.2, 0) is 9.59 Å². The van der Waals surface area contributed by atoms with Gasteiger partial charge in [-0.3, -0.25) is 14.5 Å². The Morgan fingerprint density at radius 1 is 0.783 bits per heavy atom. The molecule has 1 aromatic rings. The van der Waals surface area contributed by atoms with Crippen LogP contribution in [-0.4, -0.2) is 11.8 Å². The van der Waals surface area contributed by atoms with E-state index in [9.17, 15) is 9.59 Å². The van der Waals surface area contributed by atoms with E-state index < -0.39 is 0 Å². The highest BCUT2D eigenvalue weighted by Gasteiger charge is 2.59. The van der Waals surface area contributed by atoms with E-state index in [1.54, 1.807) is 11.1 Å². The molecular weight excluding hydrogens is 286 g/mol. The Labute approximate surface area is 136 Å². The number of carbonyl (C=O) groups is 2. The van der Waals surface area contributed by atoms with Crippen molar-refractivity contribution in [1.82, 2.24) is 0 Å². The van der Waals surface area contributed by atoms with Gasteiger partial charge in [0.1, 0.15) is 0 Å². The summed E-state index contributed by atoms with van der Waals surface area (Å²) < 4.78 is 0. The van der Waals surface area contributed by atoms with Crippen LogP contribution in [0.2, 0.25) is 0 Å². The van der Waals surface area contributed by atoms with Gasteiger partial charge in [-0.2, -0.15) is 0 Å². The third-order valence-electron chi connectivity index (χ3n) is 6.51. The van der Waals surface area contributed by atoms with Gasteiger partial charge in [0, 0.05) is 0 Å². The minimum atomic E-state index is -0.0907. The number of nitrogens with zero attached hydrogens (tertiary/aromatic N) is 1. The maximum Gasteiger partial charge on any atom is 0.238 e. The Bertz CT molecular complexity index is 678. The van der Waals surface area contributed by atoms with Crippen LogP contribution in [0.4, 0.5) is 5.69 Å². The molecule has 0 N–H and O–H groups in total. The molecule has 3 heteroatoms. The van der Waals surface area contributed by atoms with E-state index >= 15 is 0 Å². The molecule has 1 aromatic carbocycles. The van der Waals surface area contributed by atoms with E-state index in [1.807, 2.05) is 30.3 Å². The third-order valence-corrected chi connectivity index (χ3v) is 6.51. The summed E-state index contributed by atoms with van der Waals surface area (Å²) in [5, 5.41) is 0. The van der Waals surface area contributed by atoms with Crippen LogP contribution in [0.1, 0.15) is 38.5 Å². The maximum absolute atomic E-state index is 13.2. The first-order valence-electron chi connectivity index (χ1n) is 8.92. The largest absolute Gasteiger partial charge is 0.274 e. The van der Waals surface area contributed by atoms with Gasteiger partial charge in [0.05, 0.1) is 17.5 Å². The first-order chi connectivity index (χ1) is 11.3. The number of anilines is 1. The van der Waals surface area contributed by atoms with Crippen LogP contribution in [0.25, 0.3) is 0 Å². The van der Waals surface area contributed by atoms with E-state index in [4.69, 9.17) is 0 Å². The molecule has 0 bridgehead atoms. The fraction of sp³-hybridized carbons (Fsp3) is 0.500. The first kappa shape index (κ1) is 13.5. The van der Waals surface area contributed by atoms with Crippen LogP contribution in [0.3, 0.4) is 0 Å². The summed E-state index contributed by atoms with van der Waals surface area (Å²) in [5.74, 6) is 0.617. The number of benzene rings is 1. The Morgan fingerprint density at radius 3 is 1.83 bits per heavy atom. The number of hydrogen-bond donors (Lipinski definition) is 0. The van der Waals surface area contributed by atoms with Gasteiger partial charge in [0.2, 0.25) is 11.8 Å². The predicted molar refractivity (Wildman–Crippen MR) is 87.6 cm³/mol. The number of imide groups is 1. The summed E-state index contributed by atoms with van der Waals surface area (Å²) in [6, 6.07) is 9.49. The third kappa shape index (κ3) is 1.71. The van der Waals surface area contributed by atoms with E-state index in [1.165, 1.54) is 17.7 Å². The smallest absolute Gasteiger partial charge is 0.238 e. The average Bonchev–Trinajstić information content (AvgIpc) is 3.26. The highest BCUT2D eigenvalue weighted by Crippen LogP contribution is 2.57. The number of para-hydroxylation sites is 1. The monoisotopic (exact) mass is 307 g/mol. The van der Waals surface area contributed by atoms with Crippen molar-refractivity contribution in [3.63, 3.8) is 0 Å². The summed E-state index contributed by atoms with van der Waals surface area (Å²) in [4.78, 5) is 27.8. The highest BCUT2D eigenvalue weighted by atomic mass is 16.2. The lowest BCUT2D eigenvalue weighted by molar-refractivity contribution is -0.122. The van der Waals surface area contributed by atoms with Crippen LogP contribution >= 0.6 is 0 Å². The molecule has 4 aliphatic rings. The maximum atomic E-state index is 13.2. The zero-order valence-electron chi connectivity index (χ0n) is 13.2. The van der Waals surface area contributed by atoms with Crippen LogP contribution in [0.5, 0.6) is 0 Å². The molecule has 23 heavy (non-hydrogen) atoms. The van der Waals surface area contributed by atoms with Crippen molar-refractivity contribution in [1.29, 1.82) is 0 Å². The molecule has 3 aliphatic carbocycles. The zero-order chi connectivity index (χ0) is 15.6. The zero-order valence-corrected chi connectivity index (χ0v) is 13.2. The highest BCUT2D eigenvalue weighted by molar-refractivity contribution is 6.22. The van der Waals surface area contributed by atoms with Crippen molar-refractivity contribution in [2.24, 2.45) is 23.7 Å². The van der Waals surface area contributed by atoms with Crippen LogP contribution in [0.15, 0.2) is 41.5 Å². The molecule has 0 unspecified atom stereocenters. The Morgan fingerprint density at radius 2 is 1.30 bits per heavy atom. The number of hydrogen-bond acceptors (Lipinski definition) is 2. The summed E-state index contributed by atoms with van der Waals surface area (Å²) in [6.07, 6.45) is 6.88. The number of rotatable bonds is 1. The van der Waals surface area contributed by atoms with E-state index in [0.29, 0.717) is 11.8 Å². The van der Waals surface area contributed by atoms with Gasteiger partial charge in [-0.15, -0.1) is 0 Å². The van der Waals surface area contributed by atoms with E-state index in [-0.39, 0.29) is 23.7 Å². The van der Waals surface area contributed by atoms with Gasteiger partial charge in [-0.25, -0.2) is 0 Å². The Hall–Kier alpha value is -1.90. The van der Waals surface area contributed by atoms with Gasteiger partial charge in [-0.1, -0.05) is 29.3 Å². The molecule has 3 fully saturated rings. The fourth-order valence-corrected chi connectivity index (χ4v) is 5.72. The minimum absolute atomic E-state index is 0.0570. The van der Waals surface area contributed by atoms with Gasteiger partial charge < -0.3 is 0 Å². The van der Waals surface area contributed by atoms with Crippen molar-refractivity contribution < 1.29 is 9.59 Å². The second-order valence-corrected chi connectivity index (χ2v) is 7.45.